The molecule has 2 aromatic carbocycles. The van der Waals surface area contributed by atoms with Gasteiger partial charge in [0.1, 0.15) is 5.82 Å². The molecule has 0 aliphatic rings. The van der Waals surface area contributed by atoms with E-state index in [2.05, 4.69) is 16.3 Å². The number of rotatable bonds is 4. The lowest BCUT2D eigenvalue weighted by Gasteiger charge is -2.08. The highest BCUT2D eigenvalue weighted by atomic mass is 32.2. The van der Waals surface area contributed by atoms with Crippen LogP contribution < -0.4 is 5.56 Å². The summed E-state index contributed by atoms with van der Waals surface area (Å²) >= 11 is 1.41. The van der Waals surface area contributed by atoms with Crippen molar-refractivity contribution in [3.63, 3.8) is 0 Å². The Morgan fingerprint density at radius 1 is 1.04 bits per heavy atom. The van der Waals surface area contributed by atoms with E-state index in [1.807, 2.05) is 32.0 Å². The lowest BCUT2D eigenvalue weighted by Crippen LogP contribution is -2.20. The molecular weight excluding hydrogens is 363 g/mol. The van der Waals surface area contributed by atoms with Crippen molar-refractivity contribution < 1.29 is 4.39 Å². The zero-order chi connectivity index (χ0) is 19.0. The van der Waals surface area contributed by atoms with E-state index in [9.17, 15) is 9.18 Å². The fraction of sp³-hybridized carbons (Fsp3) is 0.150. The molecule has 136 valence electrons. The highest BCUT2D eigenvalue weighted by Crippen LogP contribution is 2.21. The summed E-state index contributed by atoms with van der Waals surface area (Å²) in [7, 11) is 0. The Kier molecular flexibility index (Phi) is 4.53. The van der Waals surface area contributed by atoms with Crippen molar-refractivity contribution in [3.8, 4) is 5.69 Å². The Morgan fingerprint density at radius 3 is 2.56 bits per heavy atom. The van der Waals surface area contributed by atoms with Crippen LogP contribution in [0.4, 0.5) is 4.39 Å². The molecule has 4 rings (SSSR count). The molecule has 0 unspecified atom stereocenters. The lowest BCUT2D eigenvalue weighted by atomic mass is 10.1. The minimum Gasteiger partial charge on any atom is -0.280 e. The highest BCUT2D eigenvalue weighted by Gasteiger charge is 2.12. The first-order valence-corrected chi connectivity index (χ1v) is 9.42. The van der Waals surface area contributed by atoms with Gasteiger partial charge in [0.25, 0.3) is 0 Å². The molecule has 0 bridgehead atoms. The van der Waals surface area contributed by atoms with Crippen LogP contribution in [-0.2, 0) is 5.75 Å². The fourth-order valence-electron chi connectivity index (χ4n) is 3.03. The van der Waals surface area contributed by atoms with Gasteiger partial charge in [-0.3, -0.25) is 13.8 Å². The van der Waals surface area contributed by atoms with Crippen LogP contribution in [0.3, 0.4) is 0 Å². The molecule has 2 aromatic heterocycles. The Hall–Kier alpha value is -2.93. The second-order valence-electron chi connectivity index (χ2n) is 6.41. The van der Waals surface area contributed by atoms with Crippen LogP contribution in [-0.4, -0.2) is 19.2 Å². The predicted octanol–water partition coefficient (Wildman–Crippen LogP) is 3.93. The average molecular weight is 380 g/mol. The maximum Gasteiger partial charge on any atom is 0.300 e. The lowest BCUT2D eigenvalue weighted by molar-refractivity contribution is 0.626. The van der Waals surface area contributed by atoms with E-state index < -0.39 is 0 Å². The topological polar surface area (TPSA) is 52.2 Å². The summed E-state index contributed by atoms with van der Waals surface area (Å²) in [5.41, 5.74) is 3.86. The van der Waals surface area contributed by atoms with Crippen molar-refractivity contribution >= 4 is 17.4 Å². The van der Waals surface area contributed by atoms with Gasteiger partial charge in [0.05, 0.1) is 0 Å². The summed E-state index contributed by atoms with van der Waals surface area (Å²) in [6.45, 7) is 4.00. The summed E-state index contributed by atoms with van der Waals surface area (Å²) in [5.74, 6) is 0.272. The smallest absolute Gasteiger partial charge is 0.280 e. The maximum atomic E-state index is 13.3. The van der Waals surface area contributed by atoms with Gasteiger partial charge >= 0.3 is 5.56 Å². The number of fused-ring (bicyclic) bond motifs is 1. The third-order valence-electron chi connectivity index (χ3n) is 4.18. The van der Waals surface area contributed by atoms with E-state index in [4.69, 9.17) is 0 Å². The van der Waals surface area contributed by atoms with Crippen molar-refractivity contribution in [3.05, 3.63) is 87.7 Å². The summed E-state index contributed by atoms with van der Waals surface area (Å²) in [5, 5.41) is 8.79. The maximum absolute atomic E-state index is 13.3. The molecule has 0 aliphatic carbocycles. The zero-order valence-corrected chi connectivity index (χ0v) is 15.7. The standard InChI is InChI=1S/C20H17FN4OS/c1-13-8-14(2)10-17(9-13)24-6-7-25-18(19(24)26)22-23-20(25)27-12-15-4-3-5-16(21)11-15/h3-11H,12H2,1-2H3. The fourth-order valence-corrected chi connectivity index (χ4v) is 3.89. The second-order valence-corrected chi connectivity index (χ2v) is 7.36. The largest absolute Gasteiger partial charge is 0.300 e. The first-order valence-electron chi connectivity index (χ1n) is 8.43. The number of nitrogens with zero attached hydrogens (tertiary/aromatic N) is 4. The summed E-state index contributed by atoms with van der Waals surface area (Å²) in [6, 6.07) is 12.4. The molecule has 0 radical (unpaired) electrons. The molecule has 4 aromatic rings. The molecule has 7 heteroatoms. The molecule has 27 heavy (non-hydrogen) atoms. The highest BCUT2D eigenvalue weighted by molar-refractivity contribution is 7.98. The molecule has 0 amide bonds. The third kappa shape index (κ3) is 3.50. The molecule has 0 saturated carbocycles. The van der Waals surface area contributed by atoms with Crippen molar-refractivity contribution in [1.82, 2.24) is 19.2 Å². The van der Waals surface area contributed by atoms with Crippen LogP contribution in [0.5, 0.6) is 0 Å². The molecule has 0 aliphatic heterocycles. The van der Waals surface area contributed by atoms with E-state index in [1.54, 1.807) is 27.4 Å². The average Bonchev–Trinajstić information content (AvgIpc) is 3.03. The Morgan fingerprint density at radius 2 is 1.81 bits per heavy atom. The van der Waals surface area contributed by atoms with E-state index in [0.29, 0.717) is 10.9 Å². The van der Waals surface area contributed by atoms with Gasteiger partial charge in [-0.1, -0.05) is 30.0 Å². The molecule has 0 spiro atoms. The second kappa shape index (κ2) is 7.00. The Balaban J connectivity index is 1.68. The van der Waals surface area contributed by atoms with Crippen LogP contribution in [0.1, 0.15) is 16.7 Å². The molecule has 5 nitrogen and oxygen atoms in total. The predicted molar refractivity (Wildman–Crippen MR) is 104 cm³/mol. The van der Waals surface area contributed by atoms with Gasteiger partial charge in [0.15, 0.2) is 5.16 Å². The van der Waals surface area contributed by atoms with Crippen LogP contribution in [0.15, 0.2) is 64.8 Å². The molecule has 0 atom stereocenters. The van der Waals surface area contributed by atoms with Gasteiger partial charge < -0.3 is 0 Å². The number of aryl methyl sites for hydroxylation is 2. The first-order chi connectivity index (χ1) is 13.0. The SMILES string of the molecule is Cc1cc(C)cc(-n2ccn3c(SCc4cccc(F)c4)nnc3c2=O)c1. The number of benzene rings is 2. The monoisotopic (exact) mass is 380 g/mol. The number of thioether (sulfide) groups is 1. The molecule has 0 fully saturated rings. The van der Waals surface area contributed by atoms with E-state index in [0.717, 1.165) is 22.4 Å². The summed E-state index contributed by atoms with van der Waals surface area (Å²) in [6.07, 6.45) is 3.50. The first kappa shape index (κ1) is 17.5. The van der Waals surface area contributed by atoms with Crippen LogP contribution in [0.2, 0.25) is 0 Å². The van der Waals surface area contributed by atoms with Crippen molar-refractivity contribution in [2.45, 2.75) is 24.8 Å². The van der Waals surface area contributed by atoms with Gasteiger partial charge in [-0.2, -0.15) is 0 Å². The van der Waals surface area contributed by atoms with Gasteiger partial charge in [0.2, 0.25) is 5.65 Å². The van der Waals surface area contributed by atoms with E-state index in [1.165, 1.54) is 23.9 Å². The van der Waals surface area contributed by atoms with E-state index >= 15 is 0 Å². The van der Waals surface area contributed by atoms with Gasteiger partial charge in [-0.25, -0.2) is 4.39 Å². The van der Waals surface area contributed by atoms with Gasteiger partial charge in [-0.05, 0) is 54.8 Å². The van der Waals surface area contributed by atoms with Crippen LogP contribution in [0, 0.1) is 19.7 Å². The van der Waals surface area contributed by atoms with Crippen LogP contribution in [0.25, 0.3) is 11.3 Å². The zero-order valence-electron chi connectivity index (χ0n) is 14.9. The quantitative estimate of drug-likeness (QED) is 0.504. The minimum absolute atomic E-state index is 0.229. The number of halogens is 1. The Labute approximate surface area is 159 Å². The Bertz CT molecular complexity index is 1180. The third-order valence-corrected chi connectivity index (χ3v) is 5.20. The van der Waals surface area contributed by atoms with E-state index in [-0.39, 0.29) is 17.0 Å². The number of hydrogen-bond acceptors (Lipinski definition) is 4. The minimum atomic E-state index is -0.268. The van der Waals surface area contributed by atoms with Gasteiger partial charge in [-0.15, -0.1) is 10.2 Å². The summed E-state index contributed by atoms with van der Waals surface area (Å²) in [4.78, 5) is 12.9. The number of aromatic nitrogens is 4. The van der Waals surface area contributed by atoms with Crippen molar-refractivity contribution in [2.75, 3.05) is 0 Å². The molecular formula is C20H17FN4OS. The summed E-state index contributed by atoms with van der Waals surface area (Å²) < 4.78 is 16.6. The normalized spacial score (nSPS) is 11.2. The van der Waals surface area contributed by atoms with Crippen molar-refractivity contribution in [1.29, 1.82) is 0 Å². The van der Waals surface area contributed by atoms with Crippen LogP contribution >= 0.6 is 11.8 Å². The van der Waals surface area contributed by atoms with Gasteiger partial charge in [0, 0.05) is 23.8 Å². The molecule has 0 saturated heterocycles. The molecule has 0 N–H and O–H groups in total. The molecule has 2 heterocycles. The van der Waals surface area contributed by atoms with Crippen molar-refractivity contribution in [2.24, 2.45) is 0 Å². The number of hydrogen-bond donors (Lipinski definition) is 0.